The lowest BCUT2D eigenvalue weighted by Gasteiger charge is -2.39. The van der Waals surface area contributed by atoms with Gasteiger partial charge in [-0.05, 0) is 80.3 Å². The highest BCUT2D eigenvalue weighted by atomic mass is 35.5. The first kappa shape index (κ1) is 29.7. The van der Waals surface area contributed by atoms with E-state index in [-0.39, 0.29) is 42.7 Å². The molecule has 1 aliphatic carbocycles. The smallest absolute Gasteiger partial charge is 0.326 e. The van der Waals surface area contributed by atoms with Crippen molar-refractivity contribution in [2.24, 2.45) is 5.92 Å². The van der Waals surface area contributed by atoms with Crippen LogP contribution < -0.4 is 4.74 Å². The number of piperidine rings is 1. The van der Waals surface area contributed by atoms with E-state index in [9.17, 15) is 19.1 Å². The first-order valence-electron chi connectivity index (χ1n) is 14.2. The number of carboxylic acids is 1. The molecule has 3 aliphatic rings. The molecule has 4 atom stereocenters. The van der Waals surface area contributed by atoms with Gasteiger partial charge in [0.1, 0.15) is 36.1 Å². The van der Waals surface area contributed by atoms with Crippen molar-refractivity contribution in [2.45, 2.75) is 76.3 Å². The highest BCUT2D eigenvalue weighted by Crippen LogP contribution is 2.46. The molecule has 1 saturated carbocycles. The summed E-state index contributed by atoms with van der Waals surface area (Å²) in [6.45, 7) is 5.89. The molecule has 3 fully saturated rings. The Labute approximate surface area is 243 Å². The van der Waals surface area contributed by atoms with Crippen molar-refractivity contribution in [1.29, 1.82) is 0 Å². The van der Waals surface area contributed by atoms with Gasteiger partial charge in [0.15, 0.2) is 0 Å². The van der Waals surface area contributed by atoms with Crippen LogP contribution in [0.5, 0.6) is 5.75 Å². The number of rotatable bonds is 8. The summed E-state index contributed by atoms with van der Waals surface area (Å²) >= 11 is 6.24. The number of likely N-dealkylation sites (tertiary alicyclic amines) is 2. The number of alkyl halides is 2. The molecular formula is C31H36ClF3N2O4. The van der Waals surface area contributed by atoms with Gasteiger partial charge >= 0.3 is 5.97 Å². The van der Waals surface area contributed by atoms with Gasteiger partial charge < -0.3 is 14.7 Å². The number of hydrogen-bond acceptors (Lipinski definition) is 4. The standard InChI is InChI=1S/C31H36ClF3N2O4/c1-17-10-21(12-22(32)11-17)19(3)36-8-6-31(35,7-9-36)16-41-27-14-25(33)24(13-23(27)20-4-5-20)29(38)37-15-26(34)18(2)28(37)30(39)40/h10-14,18-20,26,28H,4-9,15-16H2,1-3H3,(H,39,40)/t18?,19-,26-,28?/m0/s1. The molecule has 0 bridgehead atoms. The molecule has 6 nitrogen and oxygen atoms in total. The Morgan fingerprint density at radius 2 is 1.85 bits per heavy atom. The zero-order valence-electron chi connectivity index (χ0n) is 23.5. The molecule has 0 radical (unpaired) electrons. The third-order valence-corrected chi connectivity index (χ3v) is 9.13. The van der Waals surface area contributed by atoms with Gasteiger partial charge in [0.25, 0.3) is 5.91 Å². The lowest BCUT2D eigenvalue weighted by atomic mass is 9.92. The van der Waals surface area contributed by atoms with Gasteiger partial charge in [-0.15, -0.1) is 0 Å². The Morgan fingerprint density at radius 1 is 1.17 bits per heavy atom. The molecule has 2 aromatic carbocycles. The summed E-state index contributed by atoms with van der Waals surface area (Å²) in [4.78, 5) is 28.0. The number of hydrogen-bond donors (Lipinski definition) is 1. The Kier molecular flexibility index (Phi) is 8.32. The number of aliphatic carboxylic acids is 1. The lowest BCUT2D eigenvalue weighted by Crippen LogP contribution is -2.45. The average Bonchev–Trinajstić information content (AvgIpc) is 3.71. The molecule has 2 aromatic rings. The first-order chi connectivity index (χ1) is 19.4. The monoisotopic (exact) mass is 592 g/mol. The van der Waals surface area contributed by atoms with Crippen LogP contribution in [0.1, 0.15) is 78.5 Å². The predicted molar refractivity (Wildman–Crippen MR) is 150 cm³/mol. The summed E-state index contributed by atoms with van der Waals surface area (Å²) in [7, 11) is 0. The number of halogens is 4. The van der Waals surface area contributed by atoms with Gasteiger partial charge in [-0.1, -0.05) is 24.6 Å². The minimum Gasteiger partial charge on any atom is -0.490 e. The van der Waals surface area contributed by atoms with Crippen molar-refractivity contribution in [3.63, 3.8) is 0 Å². The second-order valence-corrected chi connectivity index (χ2v) is 12.4. The van der Waals surface area contributed by atoms with Gasteiger partial charge in [-0.3, -0.25) is 9.69 Å². The van der Waals surface area contributed by atoms with Crippen molar-refractivity contribution in [3.8, 4) is 5.75 Å². The fourth-order valence-electron chi connectivity index (χ4n) is 6.13. The van der Waals surface area contributed by atoms with E-state index in [1.165, 1.54) is 13.0 Å². The van der Waals surface area contributed by atoms with E-state index in [1.807, 2.05) is 19.1 Å². The van der Waals surface area contributed by atoms with Crippen LogP contribution in [0.3, 0.4) is 0 Å². The van der Waals surface area contributed by atoms with E-state index in [1.54, 1.807) is 0 Å². The fourth-order valence-corrected chi connectivity index (χ4v) is 6.42. The minimum absolute atomic E-state index is 0.0401. The minimum atomic E-state index is -1.59. The molecule has 2 saturated heterocycles. The maximum Gasteiger partial charge on any atom is 0.326 e. The number of ether oxygens (including phenoxy) is 1. The van der Waals surface area contributed by atoms with Crippen LogP contribution in [0.25, 0.3) is 0 Å². The third-order valence-electron chi connectivity index (χ3n) is 8.91. The molecule has 41 heavy (non-hydrogen) atoms. The van der Waals surface area contributed by atoms with Gasteiger partial charge in [0.05, 0.1) is 12.1 Å². The molecular weight excluding hydrogens is 557 g/mol. The molecule has 2 unspecified atom stereocenters. The fraction of sp³-hybridized carbons (Fsp3) is 0.548. The van der Waals surface area contributed by atoms with Crippen LogP contribution >= 0.6 is 11.6 Å². The number of benzene rings is 2. The van der Waals surface area contributed by atoms with Crippen molar-refractivity contribution >= 4 is 23.5 Å². The molecule has 0 aromatic heterocycles. The van der Waals surface area contributed by atoms with E-state index in [0.717, 1.165) is 34.9 Å². The third kappa shape index (κ3) is 6.21. The van der Waals surface area contributed by atoms with Crippen molar-refractivity contribution in [3.05, 3.63) is 63.4 Å². The summed E-state index contributed by atoms with van der Waals surface area (Å²) in [6.07, 6.45) is 0.624. The largest absolute Gasteiger partial charge is 0.490 e. The van der Waals surface area contributed by atoms with Crippen LogP contribution in [-0.4, -0.2) is 70.9 Å². The molecule has 5 rings (SSSR count). The quantitative estimate of drug-likeness (QED) is 0.379. The van der Waals surface area contributed by atoms with E-state index < -0.39 is 48.0 Å². The normalized spacial score (nSPS) is 25.2. The van der Waals surface area contributed by atoms with Gasteiger partial charge in [0, 0.05) is 36.1 Å². The number of carbonyl (C=O) groups is 2. The van der Waals surface area contributed by atoms with Gasteiger partial charge in [-0.25, -0.2) is 18.0 Å². The molecule has 1 amide bonds. The second-order valence-electron chi connectivity index (χ2n) is 12.0. The molecule has 2 heterocycles. The van der Waals surface area contributed by atoms with E-state index in [0.29, 0.717) is 23.7 Å². The van der Waals surface area contributed by atoms with Gasteiger partial charge in [-0.2, -0.15) is 0 Å². The Balaban J connectivity index is 1.27. The van der Waals surface area contributed by atoms with Crippen molar-refractivity contribution in [2.75, 3.05) is 26.2 Å². The van der Waals surface area contributed by atoms with Crippen molar-refractivity contribution < 1.29 is 32.6 Å². The van der Waals surface area contributed by atoms with Crippen molar-refractivity contribution in [1.82, 2.24) is 9.80 Å². The Morgan fingerprint density at radius 3 is 2.46 bits per heavy atom. The van der Waals surface area contributed by atoms with Crippen LogP contribution in [-0.2, 0) is 4.79 Å². The lowest BCUT2D eigenvalue weighted by molar-refractivity contribution is -0.142. The topological polar surface area (TPSA) is 70.1 Å². The van der Waals surface area contributed by atoms with Crippen LogP contribution in [0.4, 0.5) is 13.2 Å². The maximum atomic E-state index is 15.9. The summed E-state index contributed by atoms with van der Waals surface area (Å²) in [5.74, 6) is -3.77. The summed E-state index contributed by atoms with van der Waals surface area (Å²) in [5.41, 5.74) is 0.830. The molecule has 222 valence electrons. The molecule has 1 N–H and O–H groups in total. The molecule has 10 heteroatoms. The number of nitrogens with zero attached hydrogens (tertiary/aromatic N) is 2. The SMILES string of the molecule is Cc1cc(Cl)cc([C@H](C)N2CCC(F)(COc3cc(F)c(C(=O)N4C[C@H](F)C(C)C4C(=O)O)cc3C3CC3)CC2)c1. The zero-order valence-corrected chi connectivity index (χ0v) is 24.3. The number of carbonyl (C=O) groups excluding carboxylic acids is 1. The predicted octanol–water partition coefficient (Wildman–Crippen LogP) is 6.49. The highest BCUT2D eigenvalue weighted by Gasteiger charge is 2.47. The Bertz CT molecular complexity index is 1310. The van der Waals surface area contributed by atoms with E-state index in [4.69, 9.17) is 16.3 Å². The van der Waals surface area contributed by atoms with Gasteiger partial charge in [0.2, 0.25) is 0 Å². The van der Waals surface area contributed by atoms with E-state index >= 15 is 8.78 Å². The highest BCUT2D eigenvalue weighted by molar-refractivity contribution is 6.30. The number of carboxylic acid groups (broad SMARTS) is 1. The summed E-state index contributed by atoms with van der Waals surface area (Å²) < 4.78 is 51.4. The first-order valence-corrected chi connectivity index (χ1v) is 14.6. The second kappa shape index (κ2) is 11.5. The average molecular weight is 593 g/mol. The summed E-state index contributed by atoms with van der Waals surface area (Å²) in [5, 5.41) is 10.2. The number of aryl methyl sites for hydroxylation is 1. The number of amides is 1. The van der Waals surface area contributed by atoms with Crippen LogP contribution in [0.15, 0.2) is 30.3 Å². The zero-order chi connectivity index (χ0) is 29.6. The van der Waals surface area contributed by atoms with Crippen LogP contribution in [0, 0.1) is 18.7 Å². The maximum absolute atomic E-state index is 15.9. The molecule has 2 aliphatic heterocycles. The summed E-state index contributed by atoms with van der Waals surface area (Å²) in [6, 6.07) is 7.09. The molecule has 0 spiro atoms. The Hall–Kier alpha value is -2.78. The van der Waals surface area contributed by atoms with Crippen LogP contribution in [0.2, 0.25) is 5.02 Å². The van der Waals surface area contributed by atoms with E-state index in [2.05, 4.69) is 17.9 Å².